The molecule has 0 aromatic heterocycles. The lowest BCUT2D eigenvalue weighted by Gasteiger charge is -2.11. The molecule has 1 unspecified atom stereocenters. The molecule has 0 saturated heterocycles. The lowest BCUT2D eigenvalue weighted by molar-refractivity contribution is -0.119. The van der Waals surface area contributed by atoms with Crippen LogP contribution >= 0.6 is 0 Å². The highest BCUT2D eigenvalue weighted by Crippen LogP contribution is 2.06. The first kappa shape index (κ1) is 16.8. The second kappa shape index (κ2) is 13.4. The SMILES string of the molecule is C=CCCCCCC(NC)C(C)=O.CC. The number of ketones is 1. The Labute approximate surface area is 95.1 Å². The molecule has 0 rings (SSSR count). The Morgan fingerprint density at radius 3 is 2.33 bits per heavy atom. The van der Waals surface area contributed by atoms with Gasteiger partial charge in [-0.3, -0.25) is 4.79 Å². The molecule has 0 fully saturated rings. The maximum atomic E-state index is 11.0. The fourth-order valence-electron chi connectivity index (χ4n) is 1.36. The normalized spacial score (nSPS) is 11.2. The number of allylic oxidation sites excluding steroid dienone is 1. The molecule has 15 heavy (non-hydrogen) atoms. The summed E-state index contributed by atoms with van der Waals surface area (Å²) in [5, 5.41) is 3.02. The van der Waals surface area contributed by atoms with Crippen LogP contribution < -0.4 is 5.32 Å². The molecule has 0 bridgehead atoms. The molecule has 0 aliphatic rings. The zero-order valence-corrected chi connectivity index (χ0v) is 10.8. The fraction of sp³-hybridized carbons (Fsp3) is 0.769. The predicted molar refractivity (Wildman–Crippen MR) is 68.2 cm³/mol. The van der Waals surface area contributed by atoms with Gasteiger partial charge in [0.25, 0.3) is 0 Å². The molecule has 0 amide bonds. The average Bonchev–Trinajstić information content (AvgIpc) is 2.26. The molecule has 2 nitrogen and oxygen atoms in total. The van der Waals surface area contributed by atoms with E-state index in [0.29, 0.717) is 0 Å². The molecule has 1 N–H and O–H groups in total. The largest absolute Gasteiger partial charge is 0.311 e. The number of Topliss-reactive ketones (excluding diaryl/α,β-unsaturated/α-hetero) is 1. The molecule has 0 heterocycles. The highest BCUT2D eigenvalue weighted by molar-refractivity contribution is 5.81. The van der Waals surface area contributed by atoms with Crippen molar-refractivity contribution in [3.05, 3.63) is 12.7 Å². The van der Waals surface area contributed by atoms with Gasteiger partial charge in [-0.2, -0.15) is 0 Å². The fourth-order valence-corrected chi connectivity index (χ4v) is 1.36. The van der Waals surface area contributed by atoms with Gasteiger partial charge in [-0.25, -0.2) is 0 Å². The summed E-state index contributed by atoms with van der Waals surface area (Å²) in [5.41, 5.74) is 0. The van der Waals surface area contributed by atoms with Gasteiger partial charge < -0.3 is 5.32 Å². The van der Waals surface area contributed by atoms with E-state index < -0.39 is 0 Å². The van der Waals surface area contributed by atoms with Crippen LogP contribution in [-0.2, 0) is 4.79 Å². The van der Waals surface area contributed by atoms with Crippen molar-refractivity contribution in [3.8, 4) is 0 Å². The van der Waals surface area contributed by atoms with Crippen molar-refractivity contribution >= 4 is 5.78 Å². The molecule has 0 saturated carbocycles. The summed E-state index contributed by atoms with van der Waals surface area (Å²) in [6.45, 7) is 9.32. The van der Waals surface area contributed by atoms with E-state index in [9.17, 15) is 4.79 Å². The molecule has 2 heteroatoms. The van der Waals surface area contributed by atoms with Crippen LogP contribution in [0.15, 0.2) is 12.7 Å². The van der Waals surface area contributed by atoms with Crippen molar-refractivity contribution in [1.29, 1.82) is 0 Å². The molecule has 0 radical (unpaired) electrons. The molecular formula is C13H27NO. The van der Waals surface area contributed by atoms with Crippen LogP contribution in [0.3, 0.4) is 0 Å². The second-order valence-corrected chi connectivity index (χ2v) is 3.38. The van der Waals surface area contributed by atoms with Crippen LogP contribution in [0.4, 0.5) is 0 Å². The van der Waals surface area contributed by atoms with Crippen LogP contribution in [0.5, 0.6) is 0 Å². The lowest BCUT2D eigenvalue weighted by atomic mass is 10.0. The molecule has 0 aromatic rings. The smallest absolute Gasteiger partial charge is 0.146 e. The van der Waals surface area contributed by atoms with Gasteiger partial charge in [0, 0.05) is 0 Å². The summed E-state index contributed by atoms with van der Waals surface area (Å²) in [6.07, 6.45) is 7.50. The number of nitrogens with one attached hydrogen (secondary N) is 1. The van der Waals surface area contributed by atoms with Crippen molar-refractivity contribution in [2.45, 2.75) is 58.9 Å². The quantitative estimate of drug-likeness (QED) is 0.495. The van der Waals surface area contributed by atoms with Crippen LogP contribution in [0.1, 0.15) is 52.9 Å². The van der Waals surface area contributed by atoms with E-state index in [-0.39, 0.29) is 11.8 Å². The summed E-state index contributed by atoms with van der Waals surface area (Å²) in [6, 6.07) is 0.0590. The number of unbranched alkanes of at least 4 members (excludes halogenated alkanes) is 3. The van der Waals surface area contributed by atoms with Gasteiger partial charge in [-0.1, -0.05) is 32.8 Å². The molecule has 0 aliphatic heterocycles. The summed E-state index contributed by atoms with van der Waals surface area (Å²) in [5.74, 6) is 0.242. The molecule has 0 aliphatic carbocycles. The molecular weight excluding hydrogens is 186 g/mol. The van der Waals surface area contributed by atoms with Crippen LogP contribution in [0.2, 0.25) is 0 Å². The molecule has 0 spiro atoms. The zero-order chi connectivity index (χ0) is 12.1. The number of rotatable bonds is 8. The molecule has 90 valence electrons. The van der Waals surface area contributed by atoms with Crippen molar-refractivity contribution in [2.75, 3.05) is 7.05 Å². The standard InChI is InChI=1S/C11H21NO.C2H6/c1-4-5-6-7-8-9-11(12-3)10(2)13;1-2/h4,11-12H,1,5-9H2,2-3H3;1-2H3. The average molecular weight is 213 g/mol. The van der Waals surface area contributed by atoms with Gasteiger partial charge in [0.1, 0.15) is 5.78 Å². The third kappa shape index (κ3) is 11.3. The monoisotopic (exact) mass is 213 g/mol. The number of hydrogen-bond acceptors (Lipinski definition) is 2. The van der Waals surface area contributed by atoms with E-state index in [1.54, 1.807) is 6.92 Å². The van der Waals surface area contributed by atoms with Crippen molar-refractivity contribution in [2.24, 2.45) is 0 Å². The summed E-state index contributed by atoms with van der Waals surface area (Å²) >= 11 is 0. The number of likely N-dealkylation sites (N-methyl/N-ethyl adjacent to an activating group) is 1. The van der Waals surface area contributed by atoms with Gasteiger partial charge >= 0.3 is 0 Å². The third-order valence-corrected chi connectivity index (χ3v) is 2.24. The Morgan fingerprint density at radius 1 is 1.33 bits per heavy atom. The second-order valence-electron chi connectivity index (χ2n) is 3.38. The van der Waals surface area contributed by atoms with Crippen LogP contribution in [0.25, 0.3) is 0 Å². The molecule has 1 atom stereocenters. The van der Waals surface area contributed by atoms with E-state index in [2.05, 4.69) is 11.9 Å². The van der Waals surface area contributed by atoms with Crippen molar-refractivity contribution in [1.82, 2.24) is 5.32 Å². The minimum absolute atomic E-state index is 0.0590. The van der Waals surface area contributed by atoms with Gasteiger partial charge in [0.05, 0.1) is 6.04 Å². The van der Waals surface area contributed by atoms with Gasteiger partial charge in [-0.05, 0) is 33.2 Å². The lowest BCUT2D eigenvalue weighted by Crippen LogP contribution is -2.31. The Balaban J connectivity index is 0. The van der Waals surface area contributed by atoms with Crippen molar-refractivity contribution < 1.29 is 4.79 Å². The summed E-state index contributed by atoms with van der Waals surface area (Å²) in [7, 11) is 1.84. The first-order chi connectivity index (χ1) is 7.22. The summed E-state index contributed by atoms with van der Waals surface area (Å²) in [4.78, 5) is 11.0. The first-order valence-electron chi connectivity index (χ1n) is 6.01. The number of hydrogen-bond donors (Lipinski definition) is 1. The first-order valence-corrected chi connectivity index (χ1v) is 6.01. The van der Waals surface area contributed by atoms with E-state index in [4.69, 9.17) is 0 Å². The van der Waals surface area contributed by atoms with Gasteiger partial charge in [0.15, 0.2) is 0 Å². The number of carbonyl (C=O) groups excluding carboxylic acids is 1. The van der Waals surface area contributed by atoms with Crippen LogP contribution in [-0.4, -0.2) is 18.9 Å². The topological polar surface area (TPSA) is 29.1 Å². The van der Waals surface area contributed by atoms with Crippen LogP contribution in [0, 0.1) is 0 Å². The molecule has 0 aromatic carbocycles. The summed E-state index contributed by atoms with van der Waals surface area (Å²) < 4.78 is 0. The van der Waals surface area contributed by atoms with Gasteiger partial charge in [0.2, 0.25) is 0 Å². The Hall–Kier alpha value is -0.630. The Morgan fingerprint density at radius 2 is 1.93 bits per heavy atom. The number of carbonyl (C=O) groups is 1. The van der Waals surface area contributed by atoms with Crippen molar-refractivity contribution in [3.63, 3.8) is 0 Å². The maximum Gasteiger partial charge on any atom is 0.146 e. The predicted octanol–water partition coefficient (Wildman–Crippen LogP) is 3.33. The highest BCUT2D eigenvalue weighted by Gasteiger charge is 2.09. The van der Waals surface area contributed by atoms with E-state index in [1.807, 2.05) is 27.0 Å². The van der Waals surface area contributed by atoms with E-state index >= 15 is 0 Å². The Kier molecular flexibility index (Phi) is 15.0. The van der Waals surface area contributed by atoms with E-state index in [0.717, 1.165) is 19.3 Å². The van der Waals surface area contributed by atoms with Gasteiger partial charge in [-0.15, -0.1) is 6.58 Å². The zero-order valence-electron chi connectivity index (χ0n) is 10.8. The highest BCUT2D eigenvalue weighted by atomic mass is 16.1. The Bertz CT molecular complexity index is 155. The maximum absolute atomic E-state index is 11.0. The third-order valence-electron chi connectivity index (χ3n) is 2.24. The minimum Gasteiger partial charge on any atom is -0.311 e. The minimum atomic E-state index is 0.0590. The van der Waals surface area contributed by atoms with E-state index in [1.165, 1.54) is 12.8 Å².